The van der Waals surface area contributed by atoms with Crippen molar-refractivity contribution in [2.24, 2.45) is 5.92 Å². The molecule has 5 rings (SSSR count). The molecule has 0 N–H and O–H groups in total. The van der Waals surface area contributed by atoms with E-state index in [1.165, 1.54) is 10.4 Å². The molecule has 2 aliphatic rings. The van der Waals surface area contributed by atoms with Crippen LogP contribution in [0, 0.1) is 19.8 Å². The fourth-order valence-corrected chi connectivity index (χ4v) is 5.17. The van der Waals surface area contributed by atoms with Crippen molar-refractivity contribution in [2.45, 2.75) is 33.2 Å². The molecular weight excluding hydrogens is 358 g/mol. The lowest BCUT2D eigenvalue weighted by Gasteiger charge is -2.29. The monoisotopic (exact) mass is 381 g/mol. The van der Waals surface area contributed by atoms with Gasteiger partial charge in [0.25, 0.3) is 0 Å². The van der Waals surface area contributed by atoms with Crippen LogP contribution in [-0.4, -0.2) is 45.0 Å². The first-order valence-corrected chi connectivity index (χ1v) is 10.4. The van der Waals surface area contributed by atoms with E-state index in [4.69, 9.17) is 0 Å². The molecule has 1 unspecified atom stereocenters. The molecule has 6 nitrogen and oxygen atoms in total. The Hall–Kier alpha value is -2.41. The maximum atomic E-state index is 13.1. The van der Waals surface area contributed by atoms with Crippen molar-refractivity contribution in [3.63, 3.8) is 0 Å². The van der Waals surface area contributed by atoms with Gasteiger partial charge >= 0.3 is 0 Å². The summed E-state index contributed by atoms with van der Waals surface area (Å²) in [6.45, 7) is 7.25. The summed E-state index contributed by atoms with van der Waals surface area (Å²) >= 11 is 1.81. The number of amides is 1. The van der Waals surface area contributed by atoms with Gasteiger partial charge in [-0.05, 0) is 43.7 Å². The molecule has 5 heterocycles. The minimum atomic E-state index is 0.0605. The number of thiophene rings is 1. The van der Waals surface area contributed by atoms with Gasteiger partial charge in [-0.25, -0.2) is 4.98 Å². The second kappa shape index (κ2) is 6.34. The predicted molar refractivity (Wildman–Crippen MR) is 106 cm³/mol. The summed E-state index contributed by atoms with van der Waals surface area (Å²) in [5.74, 6) is 1.40. The number of carbonyl (C=O) groups excluding carboxylic acids is 1. The lowest BCUT2D eigenvalue weighted by molar-refractivity contribution is -0.135. The van der Waals surface area contributed by atoms with Crippen molar-refractivity contribution in [3.05, 3.63) is 45.4 Å². The number of hydrogen-bond donors (Lipinski definition) is 0. The average molecular weight is 382 g/mol. The minimum absolute atomic E-state index is 0.0605. The first-order chi connectivity index (χ1) is 13.1. The number of anilines is 1. The zero-order valence-corrected chi connectivity index (χ0v) is 16.5. The van der Waals surface area contributed by atoms with Crippen LogP contribution in [0.15, 0.2) is 23.6 Å². The third kappa shape index (κ3) is 2.90. The molecule has 140 valence electrons. The fourth-order valence-electron chi connectivity index (χ4n) is 4.28. The van der Waals surface area contributed by atoms with Gasteiger partial charge in [0, 0.05) is 48.9 Å². The van der Waals surface area contributed by atoms with Crippen LogP contribution in [0.1, 0.15) is 28.2 Å². The van der Waals surface area contributed by atoms with E-state index in [9.17, 15) is 4.79 Å². The molecule has 0 spiro atoms. The summed E-state index contributed by atoms with van der Waals surface area (Å²) in [4.78, 5) is 23.5. The Balaban J connectivity index is 1.35. The van der Waals surface area contributed by atoms with Crippen molar-refractivity contribution in [1.82, 2.24) is 19.5 Å². The Kier molecular flexibility index (Phi) is 3.93. The molecule has 27 heavy (non-hydrogen) atoms. The normalized spacial score (nSPS) is 19.7. The van der Waals surface area contributed by atoms with E-state index >= 15 is 0 Å². The van der Waals surface area contributed by atoms with Crippen LogP contribution < -0.4 is 4.90 Å². The number of aromatic nitrogens is 3. The smallest absolute Gasteiger partial charge is 0.227 e. The number of aryl methyl sites for hydroxylation is 2. The van der Waals surface area contributed by atoms with Crippen molar-refractivity contribution in [3.8, 4) is 0 Å². The van der Waals surface area contributed by atoms with Crippen LogP contribution in [-0.2, 0) is 17.8 Å². The molecule has 7 heteroatoms. The van der Waals surface area contributed by atoms with Crippen LogP contribution >= 0.6 is 11.3 Å². The van der Waals surface area contributed by atoms with Crippen LogP contribution in [0.4, 0.5) is 5.82 Å². The molecule has 0 saturated carbocycles. The maximum Gasteiger partial charge on any atom is 0.227 e. The zero-order valence-electron chi connectivity index (χ0n) is 15.7. The summed E-state index contributed by atoms with van der Waals surface area (Å²) in [5, 5.41) is 6.73. The first kappa shape index (κ1) is 16.7. The highest BCUT2D eigenvalue weighted by Crippen LogP contribution is 2.29. The van der Waals surface area contributed by atoms with E-state index in [1.807, 2.05) is 35.8 Å². The van der Waals surface area contributed by atoms with E-state index in [0.717, 1.165) is 61.9 Å². The second-order valence-corrected chi connectivity index (χ2v) is 8.62. The lowest BCUT2D eigenvalue weighted by Crippen LogP contribution is -2.40. The maximum absolute atomic E-state index is 13.1. The van der Waals surface area contributed by atoms with Gasteiger partial charge in [0.2, 0.25) is 5.91 Å². The number of hydrogen-bond acceptors (Lipinski definition) is 5. The van der Waals surface area contributed by atoms with Crippen molar-refractivity contribution >= 4 is 28.7 Å². The second-order valence-electron chi connectivity index (χ2n) is 7.62. The standard InChI is InChI=1S/C20H23N5OS/c1-13-10-19(25-18(21-13)9-14(2)22-25)23-6-3-16(12-23)20(26)24-7-4-17-15(11-24)5-8-27-17/h5,8-10,16H,3-4,6-7,11-12H2,1-2H3. The summed E-state index contributed by atoms with van der Waals surface area (Å²) in [5.41, 5.74) is 4.14. The van der Waals surface area contributed by atoms with Gasteiger partial charge in [-0.15, -0.1) is 11.3 Å². The highest BCUT2D eigenvalue weighted by Gasteiger charge is 2.34. The third-order valence-electron chi connectivity index (χ3n) is 5.64. The van der Waals surface area contributed by atoms with Crippen LogP contribution in [0.25, 0.3) is 5.65 Å². The van der Waals surface area contributed by atoms with Crippen LogP contribution in [0.2, 0.25) is 0 Å². The SMILES string of the molecule is Cc1cc(N2CCC(C(=O)N3CCc4sccc4C3)C2)n2nc(C)cc2n1. The molecule has 0 aromatic carbocycles. The van der Waals surface area contributed by atoms with Gasteiger partial charge in [0.15, 0.2) is 5.65 Å². The molecule has 2 aliphatic heterocycles. The fraction of sp³-hybridized carbons (Fsp3) is 0.450. The first-order valence-electron chi connectivity index (χ1n) is 9.51. The summed E-state index contributed by atoms with van der Waals surface area (Å²) in [6.07, 6.45) is 1.89. The van der Waals surface area contributed by atoms with Gasteiger partial charge < -0.3 is 9.80 Å². The quantitative estimate of drug-likeness (QED) is 0.685. The Labute approximate surface area is 162 Å². The van der Waals surface area contributed by atoms with E-state index in [2.05, 4.69) is 37.4 Å². The predicted octanol–water partition coefficient (Wildman–Crippen LogP) is 2.82. The molecule has 0 radical (unpaired) electrons. The zero-order chi connectivity index (χ0) is 18.5. The molecule has 1 atom stereocenters. The molecule has 1 saturated heterocycles. The van der Waals surface area contributed by atoms with E-state index in [-0.39, 0.29) is 5.92 Å². The Morgan fingerprint density at radius 3 is 3.00 bits per heavy atom. The summed E-state index contributed by atoms with van der Waals surface area (Å²) < 4.78 is 1.91. The molecule has 1 fully saturated rings. The molecule has 0 aliphatic carbocycles. The van der Waals surface area contributed by atoms with Gasteiger partial charge in [-0.3, -0.25) is 4.79 Å². The van der Waals surface area contributed by atoms with Crippen molar-refractivity contribution in [2.75, 3.05) is 24.5 Å². The molecule has 0 bridgehead atoms. The van der Waals surface area contributed by atoms with Gasteiger partial charge in [-0.2, -0.15) is 9.61 Å². The topological polar surface area (TPSA) is 53.7 Å². The highest BCUT2D eigenvalue weighted by atomic mass is 32.1. The van der Waals surface area contributed by atoms with Gasteiger partial charge in [0.05, 0.1) is 11.6 Å². The Morgan fingerprint density at radius 2 is 2.11 bits per heavy atom. The number of rotatable bonds is 2. The summed E-state index contributed by atoms with van der Waals surface area (Å²) in [6, 6.07) is 6.24. The lowest BCUT2D eigenvalue weighted by atomic mass is 10.0. The Morgan fingerprint density at radius 1 is 1.22 bits per heavy atom. The van der Waals surface area contributed by atoms with E-state index < -0.39 is 0 Å². The summed E-state index contributed by atoms with van der Waals surface area (Å²) in [7, 11) is 0. The molecule has 3 aromatic heterocycles. The molecule has 3 aromatic rings. The minimum Gasteiger partial charge on any atom is -0.356 e. The van der Waals surface area contributed by atoms with Crippen LogP contribution in [0.3, 0.4) is 0 Å². The molecule has 1 amide bonds. The van der Waals surface area contributed by atoms with Crippen molar-refractivity contribution in [1.29, 1.82) is 0 Å². The van der Waals surface area contributed by atoms with E-state index in [1.54, 1.807) is 0 Å². The number of fused-ring (bicyclic) bond motifs is 2. The third-order valence-corrected chi connectivity index (χ3v) is 6.66. The number of nitrogens with zero attached hydrogens (tertiary/aromatic N) is 5. The largest absolute Gasteiger partial charge is 0.356 e. The van der Waals surface area contributed by atoms with E-state index in [0.29, 0.717) is 5.91 Å². The highest BCUT2D eigenvalue weighted by molar-refractivity contribution is 7.10. The average Bonchev–Trinajstić information content (AvgIpc) is 3.38. The van der Waals surface area contributed by atoms with Gasteiger partial charge in [0.1, 0.15) is 5.82 Å². The number of carbonyl (C=O) groups is 1. The van der Waals surface area contributed by atoms with Crippen molar-refractivity contribution < 1.29 is 4.79 Å². The van der Waals surface area contributed by atoms with Crippen LogP contribution in [0.5, 0.6) is 0 Å². The van der Waals surface area contributed by atoms with Gasteiger partial charge in [-0.1, -0.05) is 0 Å². The molecular formula is C20H23N5OS. The Bertz CT molecular complexity index is 1020.